The van der Waals surface area contributed by atoms with Gasteiger partial charge in [-0.05, 0) is 11.1 Å². The van der Waals surface area contributed by atoms with E-state index in [-0.39, 0.29) is 5.48 Å². The monoisotopic (exact) mass is 228 g/mol. The summed E-state index contributed by atoms with van der Waals surface area (Å²) in [5.41, 5.74) is 2.55. The van der Waals surface area contributed by atoms with E-state index < -0.39 is 5.78 Å². The lowest BCUT2D eigenvalue weighted by Crippen LogP contribution is -1.98. The highest BCUT2D eigenvalue weighted by Crippen LogP contribution is 2.19. The topological polar surface area (TPSA) is 65.6 Å². The molecule has 2 aromatic carbocycles. The number of aldehydes is 1. The summed E-state index contributed by atoms with van der Waals surface area (Å²) in [6.07, 6.45) is 0.331. The van der Waals surface area contributed by atoms with E-state index in [1.807, 2.05) is 42.5 Å². The van der Waals surface area contributed by atoms with Crippen LogP contribution in [0.25, 0.3) is 11.1 Å². The van der Waals surface area contributed by atoms with Crippen molar-refractivity contribution in [2.24, 2.45) is 0 Å². The average Bonchev–Trinajstić information content (AvgIpc) is 2.39. The van der Waals surface area contributed by atoms with Crippen molar-refractivity contribution in [3.05, 3.63) is 60.2 Å². The van der Waals surface area contributed by atoms with E-state index in [4.69, 9.17) is 0 Å². The van der Waals surface area contributed by atoms with Crippen LogP contribution in [0, 0.1) is 0 Å². The van der Waals surface area contributed by atoms with Crippen LogP contribution in [0.1, 0.15) is 10.4 Å². The van der Waals surface area contributed by atoms with Gasteiger partial charge in [0, 0.05) is 5.56 Å². The third-order valence-electron chi connectivity index (χ3n) is 2.38. The number of hydrogen-bond donors (Lipinski definition) is 0. The first-order valence-corrected chi connectivity index (χ1v) is 4.96. The first-order chi connectivity index (χ1) is 7.81. The number of ketones is 1. The zero-order valence-corrected chi connectivity index (χ0v) is 9.09. The third-order valence-corrected chi connectivity index (χ3v) is 2.38. The molecule has 0 heterocycles. The molecule has 0 fully saturated rings. The smallest absolute Gasteiger partial charge is 0.225 e. The van der Waals surface area contributed by atoms with Crippen molar-refractivity contribution in [1.82, 2.24) is 0 Å². The predicted molar refractivity (Wildman–Crippen MR) is 65.9 cm³/mol. The van der Waals surface area contributed by atoms with E-state index in [2.05, 4.69) is 0 Å². The number of Topliss-reactive ketones (excluding diaryl/α,β-unsaturated/α-hetero) is 1. The molecule has 17 heavy (non-hydrogen) atoms. The predicted octanol–water partition coefficient (Wildman–Crippen LogP) is 1.91. The summed E-state index contributed by atoms with van der Waals surface area (Å²) in [6.45, 7) is 0. The minimum atomic E-state index is -0.486. The van der Waals surface area contributed by atoms with Crippen molar-refractivity contribution >= 4 is 12.1 Å². The highest BCUT2D eigenvalue weighted by Gasteiger charge is 2.03. The van der Waals surface area contributed by atoms with Crippen molar-refractivity contribution < 1.29 is 15.1 Å². The standard InChI is InChI=1S/C14H10O2.H2O/c15-10-14(16)13-8-6-12(7-9-13)11-4-2-1-3-5-11;/h1-10H;1H2. The Morgan fingerprint density at radius 3 is 1.88 bits per heavy atom. The summed E-state index contributed by atoms with van der Waals surface area (Å²) in [5.74, 6) is -0.486. The van der Waals surface area contributed by atoms with Gasteiger partial charge in [-0.3, -0.25) is 9.59 Å². The fourth-order valence-electron chi connectivity index (χ4n) is 1.53. The minimum Gasteiger partial charge on any atom is -0.412 e. The van der Waals surface area contributed by atoms with Gasteiger partial charge in [0.15, 0.2) is 6.29 Å². The summed E-state index contributed by atoms with van der Waals surface area (Å²) < 4.78 is 0. The molecule has 2 aromatic rings. The number of rotatable bonds is 3. The summed E-state index contributed by atoms with van der Waals surface area (Å²) in [6, 6.07) is 16.9. The SMILES string of the molecule is O.O=CC(=O)c1ccc(-c2ccccc2)cc1. The molecule has 3 nitrogen and oxygen atoms in total. The Balaban J connectivity index is 0.00000144. The van der Waals surface area contributed by atoms with Crippen LogP contribution in [0.3, 0.4) is 0 Å². The fourth-order valence-corrected chi connectivity index (χ4v) is 1.53. The molecule has 0 bridgehead atoms. The summed E-state index contributed by atoms with van der Waals surface area (Å²) in [5, 5.41) is 0. The maximum Gasteiger partial charge on any atom is 0.225 e. The normalized spacial score (nSPS) is 9.18. The first kappa shape index (κ1) is 12.8. The number of benzene rings is 2. The molecule has 0 amide bonds. The van der Waals surface area contributed by atoms with Gasteiger partial charge in [0.1, 0.15) is 0 Å². The van der Waals surface area contributed by atoms with Crippen LogP contribution < -0.4 is 0 Å². The molecule has 0 spiro atoms. The lowest BCUT2D eigenvalue weighted by atomic mass is 10.0. The van der Waals surface area contributed by atoms with Gasteiger partial charge in [-0.2, -0.15) is 0 Å². The molecule has 0 radical (unpaired) electrons. The average molecular weight is 228 g/mol. The molecule has 2 N–H and O–H groups in total. The van der Waals surface area contributed by atoms with Crippen LogP contribution in [0.5, 0.6) is 0 Å². The van der Waals surface area contributed by atoms with Crippen molar-refractivity contribution in [3.8, 4) is 11.1 Å². The Bertz CT molecular complexity index is 501. The maximum atomic E-state index is 11.1. The summed E-state index contributed by atoms with van der Waals surface area (Å²) >= 11 is 0. The van der Waals surface area contributed by atoms with Crippen LogP contribution in [-0.4, -0.2) is 17.5 Å². The Hall–Kier alpha value is -2.26. The van der Waals surface area contributed by atoms with E-state index in [1.165, 1.54) is 0 Å². The van der Waals surface area contributed by atoms with Gasteiger partial charge in [-0.25, -0.2) is 0 Å². The number of carbonyl (C=O) groups excluding carboxylic acids is 2. The van der Waals surface area contributed by atoms with Crippen LogP contribution in [0.15, 0.2) is 54.6 Å². The van der Waals surface area contributed by atoms with Crippen molar-refractivity contribution in [2.45, 2.75) is 0 Å². The van der Waals surface area contributed by atoms with E-state index in [9.17, 15) is 9.59 Å². The fraction of sp³-hybridized carbons (Fsp3) is 0. The van der Waals surface area contributed by atoms with Crippen molar-refractivity contribution in [3.63, 3.8) is 0 Å². The molecule has 0 aliphatic heterocycles. The first-order valence-electron chi connectivity index (χ1n) is 4.96. The minimum absolute atomic E-state index is 0. The Morgan fingerprint density at radius 1 is 0.824 bits per heavy atom. The van der Waals surface area contributed by atoms with E-state index >= 15 is 0 Å². The second-order valence-corrected chi connectivity index (χ2v) is 3.43. The van der Waals surface area contributed by atoms with Gasteiger partial charge in [-0.1, -0.05) is 54.6 Å². The molecule has 0 saturated heterocycles. The molecule has 0 aliphatic rings. The quantitative estimate of drug-likeness (QED) is 0.457. The lowest BCUT2D eigenvalue weighted by Gasteiger charge is -2.01. The molecule has 0 atom stereocenters. The van der Waals surface area contributed by atoms with E-state index in [0.29, 0.717) is 11.8 Å². The van der Waals surface area contributed by atoms with Gasteiger partial charge in [0.2, 0.25) is 5.78 Å². The van der Waals surface area contributed by atoms with E-state index in [0.717, 1.165) is 11.1 Å². The molecular formula is C14H12O3. The Morgan fingerprint density at radius 2 is 1.35 bits per heavy atom. The molecule has 0 aliphatic carbocycles. The van der Waals surface area contributed by atoms with Crippen LogP contribution in [0.2, 0.25) is 0 Å². The zero-order chi connectivity index (χ0) is 11.4. The molecule has 86 valence electrons. The molecule has 3 heteroatoms. The van der Waals surface area contributed by atoms with Crippen LogP contribution in [0.4, 0.5) is 0 Å². The number of carbonyl (C=O) groups is 2. The largest absolute Gasteiger partial charge is 0.412 e. The Kier molecular flexibility index (Phi) is 4.31. The zero-order valence-electron chi connectivity index (χ0n) is 9.09. The van der Waals surface area contributed by atoms with Crippen molar-refractivity contribution in [2.75, 3.05) is 0 Å². The Labute approximate surface area is 99.0 Å². The molecule has 2 rings (SSSR count). The summed E-state index contributed by atoms with van der Waals surface area (Å²) in [4.78, 5) is 21.4. The molecule has 0 unspecified atom stereocenters. The van der Waals surface area contributed by atoms with Crippen LogP contribution in [-0.2, 0) is 4.79 Å². The highest BCUT2D eigenvalue weighted by molar-refractivity contribution is 6.33. The second kappa shape index (κ2) is 5.72. The molecule has 0 saturated carbocycles. The van der Waals surface area contributed by atoms with Gasteiger partial charge in [-0.15, -0.1) is 0 Å². The van der Waals surface area contributed by atoms with Crippen molar-refractivity contribution in [1.29, 1.82) is 0 Å². The van der Waals surface area contributed by atoms with Gasteiger partial charge >= 0.3 is 0 Å². The molecule has 0 aromatic heterocycles. The van der Waals surface area contributed by atoms with Crippen LogP contribution >= 0.6 is 0 Å². The van der Waals surface area contributed by atoms with Gasteiger partial charge in [0.05, 0.1) is 0 Å². The third kappa shape index (κ3) is 2.86. The van der Waals surface area contributed by atoms with E-state index in [1.54, 1.807) is 12.1 Å². The highest BCUT2D eigenvalue weighted by atomic mass is 16.2. The van der Waals surface area contributed by atoms with Gasteiger partial charge < -0.3 is 5.48 Å². The maximum absolute atomic E-state index is 11.1. The lowest BCUT2D eigenvalue weighted by molar-refractivity contribution is -0.104. The van der Waals surface area contributed by atoms with Gasteiger partial charge in [0.25, 0.3) is 0 Å². The summed E-state index contributed by atoms with van der Waals surface area (Å²) in [7, 11) is 0. The second-order valence-electron chi connectivity index (χ2n) is 3.43. The molecular weight excluding hydrogens is 216 g/mol. The number of hydrogen-bond acceptors (Lipinski definition) is 2.